The number of ether oxygens (including phenoxy) is 2. The van der Waals surface area contributed by atoms with E-state index in [4.69, 9.17) is 9.47 Å². The van der Waals surface area contributed by atoms with Gasteiger partial charge in [0.25, 0.3) is 0 Å². The summed E-state index contributed by atoms with van der Waals surface area (Å²) in [4.78, 5) is 14.9. The van der Waals surface area contributed by atoms with Crippen LogP contribution in [-0.4, -0.2) is 42.8 Å². The van der Waals surface area contributed by atoms with Gasteiger partial charge in [-0.1, -0.05) is 19.8 Å². The standard InChI is InChI=1S/C21H32N2O3.ClH/c1-2-3-16-25-18-12-10-17(11-13-18)22-21(24)26-20-9-5-4-8-19(20)23-14-6-7-15-23;/h10-13,19-20H,2-9,14-16H2,1H3,(H,22,24);1H. The number of amides is 1. The van der Waals surface area contributed by atoms with Gasteiger partial charge < -0.3 is 9.47 Å². The van der Waals surface area contributed by atoms with Crippen LogP contribution in [-0.2, 0) is 4.74 Å². The van der Waals surface area contributed by atoms with E-state index in [0.29, 0.717) is 6.04 Å². The Bertz CT molecular complexity index is 561. The van der Waals surface area contributed by atoms with Gasteiger partial charge in [0.15, 0.2) is 0 Å². The Morgan fingerprint density at radius 3 is 2.52 bits per heavy atom. The first-order chi connectivity index (χ1) is 12.8. The lowest BCUT2D eigenvalue weighted by atomic mass is 9.91. The van der Waals surface area contributed by atoms with Crippen LogP contribution in [0, 0.1) is 0 Å². The number of rotatable bonds is 7. The zero-order valence-electron chi connectivity index (χ0n) is 16.3. The fourth-order valence-electron chi connectivity index (χ4n) is 3.96. The smallest absolute Gasteiger partial charge is 0.411 e. The molecule has 0 spiro atoms. The van der Waals surface area contributed by atoms with E-state index in [9.17, 15) is 4.79 Å². The summed E-state index contributed by atoms with van der Waals surface area (Å²) in [5.41, 5.74) is 0.742. The normalized spacial score (nSPS) is 22.7. The van der Waals surface area contributed by atoms with Crippen molar-refractivity contribution in [1.29, 1.82) is 0 Å². The van der Waals surface area contributed by atoms with E-state index >= 15 is 0 Å². The Balaban J connectivity index is 0.00000261. The van der Waals surface area contributed by atoms with Gasteiger partial charge in [-0.05, 0) is 75.9 Å². The summed E-state index contributed by atoms with van der Waals surface area (Å²) in [5.74, 6) is 0.832. The van der Waals surface area contributed by atoms with Crippen molar-refractivity contribution in [3.05, 3.63) is 24.3 Å². The van der Waals surface area contributed by atoms with Gasteiger partial charge in [0.05, 0.1) is 6.61 Å². The quantitative estimate of drug-likeness (QED) is 0.640. The van der Waals surface area contributed by atoms with Crippen molar-refractivity contribution >= 4 is 24.2 Å². The molecule has 1 saturated heterocycles. The van der Waals surface area contributed by atoms with Crippen molar-refractivity contribution in [2.75, 3.05) is 25.0 Å². The summed E-state index contributed by atoms with van der Waals surface area (Å²) in [6.45, 7) is 5.16. The molecule has 152 valence electrons. The number of carbonyl (C=O) groups excluding carboxylic acids is 1. The van der Waals surface area contributed by atoms with Gasteiger partial charge in [0.2, 0.25) is 0 Å². The van der Waals surface area contributed by atoms with E-state index in [1.54, 1.807) is 0 Å². The molecular formula is C21H33ClN2O3. The minimum absolute atomic E-state index is 0. The van der Waals surface area contributed by atoms with Crippen LogP contribution in [0.5, 0.6) is 5.75 Å². The second-order valence-electron chi connectivity index (χ2n) is 7.39. The molecule has 5 nitrogen and oxygen atoms in total. The predicted molar refractivity (Wildman–Crippen MR) is 111 cm³/mol. The summed E-state index contributed by atoms with van der Waals surface area (Å²) >= 11 is 0. The van der Waals surface area contributed by atoms with Crippen molar-refractivity contribution in [1.82, 2.24) is 4.90 Å². The van der Waals surface area contributed by atoms with Crippen LogP contribution in [0.4, 0.5) is 10.5 Å². The number of likely N-dealkylation sites (tertiary alicyclic amines) is 1. The van der Waals surface area contributed by atoms with E-state index in [1.165, 1.54) is 19.3 Å². The Morgan fingerprint density at radius 1 is 1.11 bits per heavy atom. The van der Waals surface area contributed by atoms with E-state index in [0.717, 1.165) is 63.2 Å². The molecular weight excluding hydrogens is 364 g/mol. The number of benzene rings is 1. The van der Waals surface area contributed by atoms with Crippen molar-refractivity contribution in [3.63, 3.8) is 0 Å². The number of nitrogens with one attached hydrogen (secondary N) is 1. The zero-order valence-corrected chi connectivity index (χ0v) is 17.1. The van der Waals surface area contributed by atoms with Crippen LogP contribution in [0.25, 0.3) is 0 Å². The SMILES string of the molecule is CCCCOc1ccc(NC(=O)OC2CCCCC2N2CCCC2)cc1.Cl. The summed E-state index contributed by atoms with van der Waals surface area (Å²) in [7, 11) is 0. The van der Waals surface area contributed by atoms with Gasteiger partial charge in [-0.2, -0.15) is 0 Å². The zero-order chi connectivity index (χ0) is 18.2. The second-order valence-corrected chi connectivity index (χ2v) is 7.39. The molecule has 1 N–H and O–H groups in total. The molecule has 6 heteroatoms. The maximum atomic E-state index is 12.4. The van der Waals surface area contributed by atoms with Gasteiger partial charge in [-0.3, -0.25) is 10.2 Å². The molecule has 1 aromatic rings. The van der Waals surface area contributed by atoms with E-state index in [-0.39, 0.29) is 24.6 Å². The average Bonchev–Trinajstić information content (AvgIpc) is 3.18. The van der Waals surface area contributed by atoms with Crippen molar-refractivity contribution in [2.24, 2.45) is 0 Å². The highest BCUT2D eigenvalue weighted by Crippen LogP contribution is 2.28. The van der Waals surface area contributed by atoms with Crippen LogP contribution in [0.3, 0.4) is 0 Å². The van der Waals surface area contributed by atoms with Crippen LogP contribution in [0.15, 0.2) is 24.3 Å². The van der Waals surface area contributed by atoms with Crippen molar-refractivity contribution in [3.8, 4) is 5.75 Å². The molecule has 1 aliphatic carbocycles. The summed E-state index contributed by atoms with van der Waals surface area (Å²) in [6, 6.07) is 7.90. The van der Waals surface area contributed by atoms with E-state index < -0.39 is 0 Å². The van der Waals surface area contributed by atoms with Gasteiger partial charge in [0.1, 0.15) is 11.9 Å². The van der Waals surface area contributed by atoms with Gasteiger partial charge in [-0.25, -0.2) is 4.79 Å². The molecule has 0 aromatic heterocycles. The molecule has 1 aliphatic heterocycles. The summed E-state index contributed by atoms with van der Waals surface area (Å²) in [6.07, 6.45) is 8.86. The fraction of sp³-hybridized carbons (Fsp3) is 0.667. The number of nitrogens with zero attached hydrogens (tertiary/aromatic N) is 1. The summed E-state index contributed by atoms with van der Waals surface area (Å²) < 4.78 is 11.5. The first-order valence-electron chi connectivity index (χ1n) is 10.2. The Hall–Kier alpha value is -1.46. The molecule has 2 unspecified atom stereocenters. The van der Waals surface area contributed by atoms with Gasteiger partial charge >= 0.3 is 6.09 Å². The molecule has 2 atom stereocenters. The molecule has 1 heterocycles. The average molecular weight is 397 g/mol. The number of carbonyl (C=O) groups is 1. The molecule has 3 rings (SSSR count). The highest BCUT2D eigenvalue weighted by atomic mass is 35.5. The Morgan fingerprint density at radius 2 is 1.81 bits per heavy atom. The number of hydrogen-bond donors (Lipinski definition) is 1. The minimum Gasteiger partial charge on any atom is -0.494 e. The minimum atomic E-state index is -0.347. The Kier molecular flexibility index (Phi) is 9.22. The van der Waals surface area contributed by atoms with Crippen molar-refractivity contribution < 1.29 is 14.3 Å². The highest BCUT2D eigenvalue weighted by Gasteiger charge is 2.34. The molecule has 1 aromatic carbocycles. The third kappa shape index (κ3) is 6.58. The molecule has 27 heavy (non-hydrogen) atoms. The number of anilines is 1. The number of halogens is 1. The number of unbranched alkanes of at least 4 members (excludes halogenated alkanes) is 1. The molecule has 0 radical (unpaired) electrons. The molecule has 0 bridgehead atoms. The second kappa shape index (κ2) is 11.4. The monoisotopic (exact) mass is 396 g/mol. The fourth-order valence-corrected chi connectivity index (χ4v) is 3.96. The van der Waals surface area contributed by atoms with Gasteiger partial charge in [-0.15, -0.1) is 12.4 Å². The maximum Gasteiger partial charge on any atom is 0.411 e. The van der Waals surface area contributed by atoms with E-state index in [1.807, 2.05) is 24.3 Å². The highest BCUT2D eigenvalue weighted by molar-refractivity contribution is 5.85. The van der Waals surface area contributed by atoms with Crippen LogP contribution >= 0.6 is 12.4 Å². The lowest BCUT2D eigenvalue weighted by molar-refractivity contribution is 0.0176. The van der Waals surface area contributed by atoms with Crippen LogP contribution < -0.4 is 10.1 Å². The maximum absolute atomic E-state index is 12.4. The molecule has 1 amide bonds. The van der Waals surface area contributed by atoms with Crippen LogP contribution in [0.2, 0.25) is 0 Å². The van der Waals surface area contributed by atoms with Gasteiger partial charge in [0, 0.05) is 11.7 Å². The first-order valence-corrected chi connectivity index (χ1v) is 10.2. The van der Waals surface area contributed by atoms with Crippen LogP contribution in [0.1, 0.15) is 58.3 Å². The lowest BCUT2D eigenvalue weighted by Crippen LogP contribution is -2.46. The molecule has 2 fully saturated rings. The third-order valence-corrected chi connectivity index (χ3v) is 5.40. The van der Waals surface area contributed by atoms with Crippen molar-refractivity contribution in [2.45, 2.75) is 70.4 Å². The Labute approximate surface area is 169 Å². The third-order valence-electron chi connectivity index (χ3n) is 5.40. The topological polar surface area (TPSA) is 50.8 Å². The largest absolute Gasteiger partial charge is 0.494 e. The van der Waals surface area contributed by atoms with E-state index in [2.05, 4.69) is 17.1 Å². The molecule has 1 saturated carbocycles. The lowest BCUT2D eigenvalue weighted by Gasteiger charge is -2.37. The summed E-state index contributed by atoms with van der Waals surface area (Å²) in [5, 5.41) is 2.86. The predicted octanol–water partition coefficient (Wildman–Crippen LogP) is 5.24. The first kappa shape index (κ1) is 21.8. The number of hydrogen-bond acceptors (Lipinski definition) is 4. The molecule has 2 aliphatic rings.